The molecular weight excluding hydrogens is 162 g/mol. The molecule has 0 atom stereocenters. The molecule has 0 bridgehead atoms. The Morgan fingerprint density at radius 2 is 2.23 bits per heavy atom. The standard InChI is InChI=1S/C10H17N3/c1-3-6-12-10-9(7-11)5-4-8(2)13-10/h4-5H,3,6-7,11H2,1-2H3,(H,12,13). The molecule has 13 heavy (non-hydrogen) atoms. The average molecular weight is 179 g/mol. The number of aromatic nitrogens is 1. The lowest BCUT2D eigenvalue weighted by atomic mass is 10.2. The highest BCUT2D eigenvalue weighted by Gasteiger charge is 2.00. The maximum absolute atomic E-state index is 5.59. The van der Waals surface area contributed by atoms with Crippen molar-refractivity contribution < 1.29 is 0 Å². The van der Waals surface area contributed by atoms with Gasteiger partial charge in [0.05, 0.1) is 0 Å². The van der Waals surface area contributed by atoms with Gasteiger partial charge in [0, 0.05) is 24.3 Å². The number of pyridine rings is 1. The topological polar surface area (TPSA) is 50.9 Å². The molecule has 0 saturated heterocycles. The molecular formula is C10H17N3. The Kier molecular flexibility index (Phi) is 3.71. The van der Waals surface area contributed by atoms with E-state index in [9.17, 15) is 0 Å². The predicted molar refractivity (Wildman–Crippen MR) is 55.6 cm³/mol. The third-order valence-electron chi connectivity index (χ3n) is 1.88. The molecule has 0 aliphatic rings. The number of anilines is 1. The number of nitrogens with zero attached hydrogens (tertiary/aromatic N) is 1. The molecule has 3 nitrogen and oxygen atoms in total. The van der Waals surface area contributed by atoms with Crippen LogP contribution in [-0.2, 0) is 6.54 Å². The second kappa shape index (κ2) is 4.82. The van der Waals surface area contributed by atoms with Crippen LogP contribution >= 0.6 is 0 Å². The first-order valence-corrected chi connectivity index (χ1v) is 4.68. The highest BCUT2D eigenvalue weighted by Crippen LogP contribution is 2.12. The Labute approximate surface area is 79.4 Å². The zero-order valence-electron chi connectivity index (χ0n) is 8.30. The number of nitrogens with one attached hydrogen (secondary N) is 1. The van der Waals surface area contributed by atoms with Crippen LogP contribution in [0.3, 0.4) is 0 Å². The van der Waals surface area contributed by atoms with Crippen molar-refractivity contribution in [1.29, 1.82) is 0 Å². The average Bonchev–Trinajstić information content (AvgIpc) is 2.15. The van der Waals surface area contributed by atoms with Gasteiger partial charge in [-0.3, -0.25) is 0 Å². The van der Waals surface area contributed by atoms with Gasteiger partial charge in [-0.05, 0) is 19.4 Å². The molecule has 72 valence electrons. The van der Waals surface area contributed by atoms with Gasteiger partial charge in [-0.15, -0.1) is 0 Å². The van der Waals surface area contributed by atoms with E-state index >= 15 is 0 Å². The highest BCUT2D eigenvalue weighted by molar-refractivity contribution is 5.44. The van der Waals surface area contributed by atoms with Crippen molar-refractivity contribution in [3.63, 3.8) is 0 Å². The number of hydrogen-bond donors (Lipinski definition) is 2. The summed E-state index contributed by atoms with van der Waals surface area (Å²) in [5, 5.41) is 3.26. The quantitative estimate of drug-likeness (QED) is 0.739. The second-order valence-corrected chi connectivity index (χ2v) is 3.09. The minimum absolute atomic E-state index is 0.541. The molecule has 3 N–H and O–H groups in total. The third kappa shape index (κ3) is 2.70. The van der Waals surface area contributed by atoms with Gasteiger partial charge >= 0.3 is 0 Å². The van der Waals surface area contributed by atoms with Crippen molar-refractivity contribution in [2.45, 2.75) is 26.8 Å². The fourth-order valence-corrected chi connectivity index (χ4v) is 1.15. The maximum Gasteiger partial charge on any atom is 0.130 e. The SMILES string of the molecule is CCCNc1nc(C)ccc1CN. The molecule has 1 aromatic rings. The fraction of sp³-hybridized carbons (Fsp3) is 0.500. The Bertz CT molecular complexity index is 271. The van der Waals surface area contributed by atoms with Crippen LogP contribution in [0.5, 0.6) is 0 Å². The van der Waals surface area contributed by atoms with E-state index < -0.39 is 0 Å². The molecule has 0 aliphatic carbocycles. The maximum atomic E-state index is 5.59. The Morgan fingerprint density at radius 1 is 1.46 bits per heavy atom. The molecule has 1 aromatic heterocycles. The summed E-state index contributed by atoms with van der Waals surface area (Å²) in [6, 6.07) is 4.01. The summed E-state index contributed by atoms with van der Waals surface area (Å²) in [7, 11) is 0. The number of nitrogens with two attached hydrogens (primary N) is 1. The summed E-state index contributed by atoms with van der Waals surface area (Å²) < 4.78 is 0. The molecule has 0 unspecified atom stereocenters. The van der Waals surface area contributed by atoms with Crippen LogP contribution in [0.2, 0.25) is 0 Å². The van der Waals surface area contributed by atoms with Crippen LogP contribution in [-0.4, -0.2) is 11.5 Å². The minimum atomic E-state index is 0.541. The number of hydrogen-bond acceptors (Lipinski definition) is 3. The van der Waals surface area contributed by atoms with Crippen molar-refractivity contribution >= 4 is 5.82 Å². The van der Waals surface area contributed by atoms with Gasteiger partial charge < -0.3 is 11.1 Å². The van der Waals surface area contributed by atoms with Crippen molar-refractivity contribution in [3.05, 3.63) is 23.4 Å². The largest absolute Gasteiger partial charge is 0.370 e. The van der Waals surface area contributed by atoms with E-state index in [1.165, 1.54) is 0 Å². The van der Waals surface area contributed by atoms with Crippen LogP contribution in [0, 0.1) is 6.92 Å². The number of rotatable bonds is 4. The molecule has 3 heteroatoms. The second-order valence-electron chi connectivity index (χ2n) is 3.09. The lowest BCUT2D eigenvalue weighted by Crippen LogP contribution is -2.08. The molecule has 0 aromatic carbocycles. The monoisotopic (exact) mass is 179 g/mol. The highest BCUT2D eigenvalue weighted by atomic mass is 15.0. The van der Waals surface area contributed by atoms with Crippen LogP contribution in [0.15, 0.2) is 12.1 Å². The van der Waals surface area contributed by atoms with E-state index in [2.05, 4.69) is 17.2 Å². The third-order valence-corrected chi connectivity index (χ3v) is 1.88. The molecule has 1 rings (SSSR count). The van der Waals surface area contributed by atoms with Gasteiger partial charge in [0.25, 0.3) is 0 Å². The molecule has 0 radical (unpaired) electrons. The zero-order valence-corrected chi connectivity index (χ0v) is 8.30. The van der Waals surface area contributed by atoms with E-state index in [-0.39, 0.29) is 0 Å². The Balaban J connectivity index is 2.81. The fourth-order valence-electron chi connectivity index (χ4n) is 1.15. The Hall–Kier alpha value is -1.09. The van der Waals surface area contributed by atoms with Crippen LogP contribution < -0.4 is 11.1 Å². The normalized spacial score (nSPS) is 10.1. The summed E-state index contributed by atoms with van der Waals surface area (Å²) in [4.78, 5) is 4.39. The first kappa shape index (κ1) is 9.99. The van der Waals surface area contributed by atoms with Crippen molar-refractivity contribution in [2.75, 3.05) is 11.9 Å². The number of aryl methyl sites for hydroxylation is 1. The molecule has 0 saturated carbocycles. The van der Waals surface area contributed by atoms with Gasteiger partial charge in [0.15, 0.2) is 0 Å². The Morgan fingerprint density at radius 3 is 2.85 bits per heavy atom. The van der Waals surface area contributed by atoms with Gasteiger partial charge in [-0.2, -0.15) is 0 Å². The van der Waals surface area contributed by atoms with E-state index in [1.807, 2.05) is 19.1 Å². The zero-order chi connectivity index (χ0) is 9.68. The van der Waals surface area contributed by atoms with Crippen molar-refractivity contribution in [3.8, 4) is 0 Å². The molecule has 0 aliphatic heterocycles. The smallest absolute Gasteiger partial charge is 0.130 e. The summed E-state index contributed by atoms with van der Waals surface area (Å²) in [5.41, 5.74) is 7.70. The van der Waals surface area contributed by atoms with Crippen LogP contribution in [0.25, 0.3) is 0 Å². The van der Waals surface area contributed by atoms with Gasteiger partial charge in [-0.1, -0.05) is 13.0 Å². The molecule has 0 amide bonds. The van der Waals surface area contributed by atoms with Gasteiger partial charge in [0.2, 0.25) is 0 Å². The van der Waals surface area contributed by atoms with Crippen LogP contribution in [0.4, 0.5) is 5.82 Å². The molecule has 0 fully saturated rings. The van der Waals surface area contributed by atoms with E-state index in [4.69, 9.17) is 5.73 Å². The lowest BCUT2D eigenvalue weighted by Gasteiger charge is -2.09. The molecule has 0 spiro atoms. The summed E-state index contributed by atoms with van der Waals surface area (Å²) in [6.45, 7) is 5.60. The first-order chi connectivity index (χ1) is 6.27. The predicted octanol–water partition coefficient (Wildman–Crippen LogP) is 1.67. The van der Waals surface area contributed by atoms with Crippen LogP contribution in [0.1, 0.15) is 24.6 Å². The summed E-state index contributed by atoms with van der Waals surface area (Å²) >= 11 is 0. The van der Waals surface area contributed by atoms with Crippen molar-refractivity contribution in [1.82, 2.24) is 4.98 Å². The van der Waals surface area contributed by atoms with E-state index in [0.29, 0.717) is 6.54 Å². The molecule has 1 heterocycles. The van der Waals surface area contributed by atoms with Gasteiger partial charge in [0.1, 0.15) is 5.82 Å². The van der Waals surface area contributed by atoms with E-state index in [1.54, 1.807) is 0 Å². The minimum Gasteiger partial charge on any atom is -0.370 e. The lowest BCUT2D eigenvalue weighted by molar-refractivity contribution is 0.947. The van der Waals surface area contributed by atoms with E-state index in [0.717, 1.165) is 30.0 Å². The van der Waals surface area contributed by atoms with Gasteiger partial charge in [-0.25, -0.2) is 4.98 Å². The van der Waals surface area contributed by atoms with Crippen molar-refractivity contribution in [2.24, 2.45) is 5.73 Å². The summed E-state index contributed by atoms with van der Waals surface area (Å²) in [6.07, 6.45) is 1.10. The first-order valence-electron chi connectivity index (χ1n) is 4.68. The summed E-state index contributed by atoms with van der Waals surface area (Å²) in [5.74, 6) is 0.935.